The van der Waals surface area contributed by atoms with Crippen LogP contribution in [0.3, 0.4) is 0 Å². The van der Waals surface area contributed by atoms with Gasteiger partial charge in [-0.05, 0) is 25.1 Å². The van der Waals surface area contributed by atoms with Crippen molar-refractivity contribution < 1.29 is 13.9 Å². The Labute approximate surface area is 139 Å². The van der Waals surface area contributed by atoms with Gasteiger partial charge >= 0.3 is 0 Å². The van der Waals surface area contributed by atoms with Gasteiger partial charge in [-0.15, -0.1) is 11.8 Å². The minimum Gasteiger partial charge on any atom is -0.488 e. The van der Waals surface area contributed by atoms with Crippen LogP contribution in [0.4, 0.5) is 0 Å². The van der Waals surface area contributed by atoms with E-state index in [0.717, 1.165) is 31.0 Å². The number of hydrogen-bond donors (Lipinski definition) is 0. The number of amides is 1. The summed E-state index contributed by atoms with van der Waals surface area (Å²) in [6, 6.07) is 5.56. The monoisotopic (exact) mass is 330 g/mol. The first-order valence-corrected chi connectivity index (χ1v) is 8.68. The number of thioether (sulfide) groups is 1. The first-order chi connectivity index (χ1) is 11.2. The smallest absolute Gasteiger partial charge is 0.257 e. The second-order valence-corrected chi connectivity index (χ2v) is 7.67. The molecule has 1 atom stereocenters. The summed E-state index contributed by atoms with van der Waals surface area (Å²) < 4.78 is 11.4. The third kappa shape index (κ3) is 2.72. The summed E-state index contributed by atoms with van der Waals surface area (Å²) in [4.78, 5) is 18.4. The van der Waals surface area contributed by atoms with Gasteiger partial charge in [-0.1, -0.05) is 0 Å². The van der Waals surface area contributed by atoms with E-state index in [9.17, 15) is 4.79 Å². The summed E-state index contributed by atoms with van der Waals surface area (Å²) in [5.74, 6) is 2.53. The normalized spacial score (nSPS) is 22.1. The van der Waals surface area contributed by atoms with E-state index in [4.69, 9.17) is 9.15 Å². The van der Waals surface area contributed by atoms with Gasteiger partial charge in [-0.2, -0.15) is 0 Å². The number of carbonyl (C=O) groups is 1. The van der Waals surface area contributed by atoms with Crippen LogP contribution in [0.15, 0.2) is 41.3 Å². The van der Waals surface area contributed by atoms with Crippen molar-refractivity contribution in [3.8, 4) is 5.75 Å². The molecule has 2 saturated heterocycles. The van der Waals surface area contributed by atoms with Crippen LogP contribution in [-0.4, -0.2) is 45.5 Å². The largest absolute Gasteiger partial charge is 0.488 e. The molecule has 2 aromatic rings. The topological polar surface area (TPSA) is 55.6 Å². The van der Waals surface area contributed by atoms with Crippen LogP contribution in [0.25, 0.3) is 0 Å². The second-order valence-electron chi connectivity index (χ2n) is 6.18. The number of carbonyl (C=O) groups excluding carboxylic acids is 1. The summed E-state index contributed by atoms with van der Waals surface area (Å²) in [5, 5.41) is 0. The van der Waals surface area contributed by atoms with Crippen molar-refractivity contribution in [2.45, 2.75) is 24.2 Å². The Bertz CT molecular complexity index is 710. The van der Waals surface area contributed by atoms with Gasteiger partial charge < -0.3 is 14.1 Å². The number of furan rings is 1. The molecule has 0 saturated carbocycles. The molecule has 6 heteroatoms. The lowest BCUT2D eigenvalue weighted by Crippen LogP contribution is -2.60. The van der Waals surface area contributed by atoms with E-state index in [1.807, 2.05) is 35.7 Å². The predicted molar refractivity (Wildman–Crippen MR) is 87.8 cm³/mol. The minimum atomic E-state index is 0.0686. The Morgan fingerprint density at radius 1 is 1.48 bits per heavy atom. The van der Waals surface area contributed by atoms with Gasteiger partial charge in [-0.25, -0.2) is 0 Å². The van der Waals surface area contributed by atoms with E-state index in [1.54, 1.807) is 24.7 Å². The zero-order valence-electron chi connectivity index (χ0n) is 12.9. The molecule has 0 aromatic carbocycles. The maximum atomic E-state index is 12.4. The third-order valence-electron chi connectivity index (χ3n) is 4.45. The van der Waals surface area contributed by atoms with Gasteiger partial charge in [0.25, 0.3) is 5.91 Å². The van der Waals surface area contributed by atoms with E-state index in [0.29, 0.717) is 11.3 Å². The Balaban J connectivity index is 1.35. The molecule has 0 radical (unpaired) electrons. The van der Waals surface area contributed by atoms with Crippen molar-refractivity contribution in [1.29, 1.82) is 0 Å². The summed E-state index contributed by atoms with van der Waals surface area (Å²) in [6.45, 7) is 3.40. The average Bonchev–Trinajstić information content (AvgIpc) is 3.13. The summed E-state index contributed by atoms with van der Waals surface area (Å²) >= 11 is 1.92. The molecule has 1 unspecified atom stereocenters. The maximum Gasteiger partial charge on any atom is 0.257 e. The molecule has 2 aliphatic heterocycles. The molecule has 0 N–H and O–H groups in total. The molecule has 23 heavy (non-hydrogen) atoms. The molecule has 4 heterocycles. The molecule has 120 valence electrons. The van der Waals surface area contributed by atoms with E-state index >= 15 is 0 Å². The number of aryl methyl sites for hydroxylation is 1. The van der Waals surface area contributed by atoms with Gasteiger partial charge in [0.15, 0.2) is 0 Å². The maximum absolute atomic E-state index is 12.4. The number of rotatable bonds is 3. The number of ether oxygens (including phenoxy) is 1. The number of hydrogen-bond acceptors (Lipinski definition) is 5. The van der Waals surface area contributed by atoms with Crippen LogP contribution in [-0.2, 0) is 0 Å². The number of likely N-dealkylation sites (tertiary alicyclic amines) is 1. The number of pyridine rings is 1. The minimum absolute atomic E-state index is 0.0686. The molecule has 0 aliphatic carbocycles. The lowest BCUT2D eigenvalue weighted by atomic mass is 9.92. The molecule has 1 amide bonds. The highest BCUT2D eigenvalue weighted by molar-refractivity contribution is 8.01. The van der Waals surface area contributed by atoms with Gasteiger partial charge in [0.1, 0.15) is 17.6 Å². The van der Waals surface area contributed by atoms with Crippen molar-refractivity contribution in [3.63, 3.8) is 0 Å². The quantitative estimate of drug-likeness (QED) is 0.866. The average molecular weight is 330 g/mol. The predicted octanol–water partition coefficient (Wildman–Crippen LogP) is 2.76. The van der Waals surface area contributed by atoms with E-state index in [2.05, 4.69) is 4.98 Å². The summed E-state index contributed by atoms with van der Waals surface area (Å²) in [5.41, 5.74) is 0.672. The first kappa shape index (κ1) is 14.6. The fourth-order valence-electron chi connectivity index (χ4n) is 3.28. The lowest BCUT2D eigenvalue weighted by Gasteiger charge is -2.47. The van der Waals surface area contributed by atoms with E-state index < -0.39 is 0 Å². The van der Waals surface area contributed by atoms with Crippen molar-refractivity contribution in [2.75, 3.05) is 18.8 Å². The first-order valence-electron chi connectivity index (χ1n) is 7.69. The van der Waals surface area contributed by atoms with Crippen molar-refractivity contribution in [2.24, 2.45) is 0 Å². The molecular weight excluding hydrogens is 312 g/mol. The highest BCUT2D eigenvalue weighted by Gasteiger charge is 2.51. The van der Waals surface area contributed by atoms with Gasteiger partial charge in [0.05, 0.1) is 22.8 Å². The van der Waals surface area contributed by atoms with Crippen molar-refractivity contribution >= 4 is 17.7 Å². The zero-order chi connectivity index (χ0) is 15.9. The highest BCUT2D eigenvalue weighted by atomic mass is 32.2. The van der Waals surface area contributed by atoms with Crippen LogP contribution in [0.2, 0.25) is 0 Å². The third-order valence-corrected chi connectivity index (χ3v) is 6.02. The Morgan fingerprint density at radius 3 is 3.04 bits per heavy atom. The van der Waals surface area contributed by atoms with Crippen LogP contribution in [0.1, 0.15) is 22.5 Å². The Kier molecular flexibility index (Phi) is 3.56. The fourth-order valence-corrected chi connectivity index (χ4v) is 4.80. The standard InChI is InChI=1S/C17H18N2O3S/c1-12-15(4-6-21-12)16(20)19-10-17(11-19)7-14(9-23-17)22-13-3-2-5-18-8-13/h2-6,8,14H,7,9-11H2,1H3. The molecular formula is C17H18N2O3S. The zero-order valence-corrected chi connectivity index (χ0v) is 13.7. The fraction of sp³-hybridized carbons (Fsp3) is 0.412. The molecule has 2 aromatic heterocycles. The van der Waals surface area contributed by atoms with Gasteiger partial charge in [-0.3, -0.25) is 9.78 Å². The van der Waals surface area contributed by atoms with Crippen LogP contribution in [0.5, 0.6) is 5.75 Å². The van der Waals surface area contributed by atoms with E-state index in [1.165, 1.54) is 0 Å². The summed E-state index contributed by atoms with van der Waals surface area (Å²) in [6.07, 6.45) is 6.22. The molecule has 2 fully saturated rings. The van der Waals surface area contributed by atoms with Crippen LogP contribution < -0.4 is 4.74 Å². The lowest BCUT2D eigenvalue weighted by molar-refractivity contribution is 0.0516. The Hall–Kier alpha value is -1.95. The van der Waals surface area contributed by atoms with Crippen molar-refractivity contribution in [1.82, 2.24) is 9.88 Å². The molecule has 5 nitrogen and oxygen atoms in total. The second kappa shape index (κ2) is 5.60. The SMILES string of the molecule is Cc1occc1C(=O)N1CC2(CC(Oc3cccnc3)CS2)C1. The molecule has 1 spiro atoms. The molecule has 2 aliphatic rings. The van der Waals surface area contributed by atoms with Gasteiger partial charge in [0, 0.05) is 31.5 Å². The number of nitrogens with zero attached hydrogens (tertiary/aromatic N) is 2. The molecule has 0 bridgehead atoms. The van der Waals surface area contributed by atoms with E-state index in [-0.39, 0.29) is 16.8 Å². The number of aromatic nitrogens is 1. The summed E-state index contributed by atoms with van der Waals surface area (Å²) in [7, 11) is 0. The van der Waals surface area contributed by atoms with Gasteiger partial charge in [0.2, 0.25) is 0 Å². The Morgan fingerprint density at radius 2 is 2.35 bits per heavy atom. The molecule has 4 rings (SSSR count). The van der Waals surface area contributed by atoms with Crippen molar-refractivity contribution in [3.05, 3.63) is 48.2 Å². The van der Waals surface area contributed by atoms with Crippen LogP contribution in [0, 0.1) is 6.92 Å². The van der Waals surface area contributed by atoms with Crippen LogP contribution >= 0.6 is 11.8 Å². The highest BCUT2D eigenvalue weighted by Crippen LogP contribution is 2.46.